The van der Waals surface area contributed by atoms with Gasteiger partial charge >= 0.3 is 0 Å². The highest BCUT2D eigenvalue weighted by molar-refractivity contribution is 6.31. The van der Waals surface area contributed by atoms with Gasteiger partial charge in [-0.25, -0.2) is 4.39 Å². The molecule has 0 aliphatic rings. The van der Waals surface area contributed by atoms with Crippen LogP contribution in [0, 0.1) is 5.82 Å². The van der Waals surface area contributed by atoms with Crippen LogP contribution < -0.4 is 5.32 Å². The second-order valence-corrected chi connectivity index (χ2v) is 5.01. The molecule has 0 fully saturated rings. The van der Waals surface area contributed by atoms with E-state index < -0.39 is 0 Å². The molecule has 0 bridgehead atoms. The molecule has 0 aliphatic carbocycles. The van der Waals surface area contributed by atoms with Crippen molar-refractivity contribution in [3.05, 3.63) is 52.6 Å². The summed E-state index contributed by atoms with van der Waals surface area (Å²) in [5.74, 6) is -0.235. The molecule has 1 N–H and O–H groups in total. The summed E-state index contributed by atoms with van der Waals surface area (Å²) in [4.78, 5) is 0. The lowest BCUT2D eigenvalue weighted by Crippen LogP contribution is -2.27. The molecule has 0 amide bonds. The van der Waals surface area contributed by atoms with E-state index in [2.05, 4.69) is 17.3 Å². The minimum absolute atomic E-state index is 0.235. The molecule has 1 heterocycles. The highest BCUT2D eigenvalue weighted by Gasteiger charge is 2.23. The Hall–Kier alpha value is -1.39. The van der Waals surface area contributed by atoms with Crippen LogP contribution in [0.5, 0.6) is 0 Å². The Kier molecular flexibility index (Phi) is 5.15. The summed E-state index contributed by atoms with van der Waals surface area (Å²) in [7, 11) is 0. The third kappa shape index (κ3) is 3.02. The minimum Gasteiger partial charge on any atom is -0.305 e. The van der Waals surface area contributed by atoms with Crippen LogP contribution in [0.1, 0.15) is 37.6 Å². The average Bonchev–Trinajstić information content (AvgIpc) is 2.82. The topological polar surface area (TPSA) is 29.9 Å². The first-order chi connectivity index (χ1) is 9.69. The minimum atomic E-state index is -0.286. The van der Waals surface area contributed by atoms with Crippen molar-refractivity contribution in [2.45, 2.75) is 32.9 Å². The smallest absolute Gasteiger partial charge is 0.128 e. The molecule has 0 aliphatic heterocycles. The van der Waals surface area contributed by atoms with Gasteiger partial charge in [-0.1, -0.05) is 36.7 Å². The molecule has 0 radical (unpaired) electrons. The van der Waals surface area contributed by atoms with Crippen LogP contribution in [0.25, 0.3) is 0 Å². The Morgan fingerprint density at radius 3 is 2.75 bits per heavy atom. The number of halogens is 2. The maximum atomic E-state index is 14.1. The lowest BCUT2D eigenvalue weighted by atomic mass is 10.0. The Balaban J connectivity index is 2.47. The van der Waals surface area contributed by atoms with Crippen LogP contribution in [0.3, 0.4) is 0 Å². The zero-order chi connectivity index (χ0) is 14.5. The lowest BCUT2D eigenvalue weighted by molar-refractivity contribution is 0.505. The summed E-state index contributed by atoms with van der Waals surface area (Å²) >= 11 is 6.25. The SMILES string of the molecule is CCCNC(c1ccccc1F)c1c(Cl)cnn1CC. The van der Waals surface area contributed by atoms with Crippen molar-refractivity contribution in [3.63, 3.8) is 0 Å². The second-order valence-electron chi connectivity index (χ2n) is 4.60. The molecular formula is C15H19ClFN3. The molecule has 1 aromatic heterocycles. The number of aromatic nitrogens is 2. The molecule has 2 aromatic rings. The van der Waals surface area contributed by atoms with E-state index >= 15 is 0 Å². The van der Waals surface area contributed by atoms with Gasteiger partial charge in [0, 0.05) is 12.1 Å². The highest BCUT2D eigenvalue weighted by Crippen LogP contribution is 2.29. The van der Waals surface area contributed by atoms with E-state index in [0.717, 1.165) is 18.7 Å². The van der Waals surface area contributed by atoms with Crippen LogP contribution in [0.2, 0.25) is 5.02 Å². The van der Waals surface area contributed by atoms with Gasteiger partial charge in [0.2, 0.25) is 0 Å². The lowest BCUT2D eigenvalue weighted by Gasteiger charge is -2.21. The van der Waals surface area contributed by atoms with Gasteiger partial charge in [0.15, 0.2) is 0 Å². The number of hydrogen-bond donors (Lipinski definition) is 1. The predicted octanol–water partition coefficient (Wildman–Crippen LogP) is 3.78. The first kappa shape index (κ1) is 15.0. The Morgan fingerprint density at radius 1 is 1.35 bits per heavy atom. The molecule has 0 spiro atoms. The van der Waals surface area contributed by atoms with Gasteiger partial charge in [-0.05, 0) is 26.0 Å². The third-order valence-electron chi connectivity index (χ3n) is 3.22. The molecule has 2 rings (SSSR count). The van der Waals surface area contributed by atoms with Crippen molar-refractivity contribution in [3.8, 4) is 0 Å². The maximum Gasteiger partial charge on any atom is 0.128 e. The number of rotatable bonds is 6. The zero-order valence-corrected chi connectivity index (χ0v) is 12.5. The van der Waals surface area contributed by atoms with E-state index in [0.29, 0.717) is 17.1 Å². The average molecular weight is 296 g/mol. The Labute approximate surface area is 123 Å². The van der Waals surface area contributed by atoms with E-state index in [1.165, 1.54) is 6.07 Å². The Bertz CT molecular complexity index is 568. The van der Waals surface area contributed by atoms with E-state index in [9.17, 15) is 4.39 Å². The number of benzene rings is 1. The van der Waals surface area contributed by atoms with Crippen molar-refractivity contribution in [1.29, 1.82) is 0 Å². The quantitative estimate of drug-likeness (QED) is 0.879. The summed E-state index contributed by atoms with van der Waals surface area (Å²) in [5.41, 5.74) is 1.41. The number of nitrogens with zero attached hydrogens (tertiary/aromatic N) is 2. The highest BCUT2D eigenvalue weighted by atomic mass is 35.5. The standard InChI is InChI=1S/C15H19ClFN3/c1-3-9-18-14(11-7-5-6-8-13(11)17)15-12(16)10-19-20(15)4-2/h5-8,10,14,18H,3-4,9H2,1-2H3. The molecule has 1 aromatic carbocycles. The summed E-state index contributed by atoms with van der Waals surface area (Å²) < 4.78 is 15.9. The molecule has 1 atom stereocenters. The van der Waals surface area contributed by atoms with E-state index in [-0.39, 0.29) is 11.9 Å². The van der Waals surface area contributed by atoms with Gasteiger partial charge < -0.3 is 5.32 Å². The molecule has 3 nitrogen and oxygen atoms in total. The first-order valence-corrected chi connectivity index (χ1v) is 7.25. The van der Waals surface area contributed by atoms with E-state index in [4.69, 9.17) is 11.6 Å². The van der Waals surface area contributed by atoms with Crippen LogP contribution in [0.4, 0.5) is 4.39 Å². The number of hydrogen-bond acceptors (Lipinski definition) is 2. The first-order valence-electron chi connectivity index (χ1n) is 6.88. The fourth-order valence-electron chi connectivity index (χ4n) is 2.26. The van der Waals surface area contributed by atoms with Crippen molar-refractivity contribution >= 4 is 11.6 Å². The maximum absolute atomic E-state index is 14.1. The van der Waals surface area contributed by atoms with Crippen molar-refractivity contribution < 1.29 is 4.39 Å². The van der Waals surface area contributed by atoms with E-state index in [1.54, 1.807) is 18.3 Å². The van der Waals surface area contributed by atoms with Crippen molar-refractivity contribution in [2.75, 3.05) is 6.54 Å². The molecule has 1 unspecified atom stereocenters. The number of aryl methyl sites for hydroxylation is 1. The van der Waals surface area contributed by atoms with Gasteiger partial charge in [-0.2, -0.15) is 5.10 Å². The molecule has 0 saturated carbocycles. The summed E-state index contributed by atoms with van der Waals surface area (Å²) in [6.07, 6.45) is 2.57. The molecule has 108 valence electrons. The van der Waals surface area contributed by atoms with E-state index in [1.807, 2.05) is 17.7 Å². The molecular weight excluding hydrogens is 277 g/mol. The van der Waals surface area contributed by atoms with Crippen LogP contribution in [-0.2, 0) is 6.54 Å². The predicted molar refractivity (Wildman–Crippen MR) is 79.4 cm³/mol. The van der Waals surface area contributed by atoms with Crippen LogP contribution in [0.15, 0.2) is 30.5 Å². The monoisotopic (exact) mass is 295 g/mol. The Morgan fingerprint density at radius 2 is 2.10 bits per heavy atom. The molecule has 5 heteroatoms. The zero-order valence-electron chi connectivity index (χ0n) is 11.7. The number of nitrogens with one attached hydrogen (secondary N) is 1. The van der Waals surface area contributed by atoms with Gasteiger partial charge in [0.1, 0.15) is 5.82 Å². The van der Waals surface area contributed by atoms with Gasteiger partial charge in [0.25, 0.3) is 0 Å². The molecule has 0 saturated heterocycles. The van der Waals surface area contributed by atoms with Crippen LogP contribution in [-0.4, -0.2) is 16.3 Å². The molecule has 20 heavy (non-hydrogen) atoms. The fourth-order valence-corrected chi connectivity index (χ4v) is 2.51. The van der Waals surface area contributed by atoms with Crippen molar-refractivity contribution in [2.24, 2.45) is 0 Å². The fraction of sp³-hybridized carbons (Fsp3) is 0.400. The van der Waals surface area contributed by atoms with Gasteiger partial charge in [0.05, 0.1) is 23.0 Å². The normalized spacial score (nSPS) is 12.6. The second kappa shape index (κ2) is 6.86. The summed E-state index contributed by atoms with van der Waals surface area (Å²) in [5, 5.41) is 8.16. The third-order valence-corrected chi connectivity index (χ3v) is 3.51. The van der Waals surface area contributed by atoms with Gasteiger partial charge in [-0.15, -0.1) is 0 Å². The summed E-state index contributed by atoms with van der Waals surface area (Å²) in [6.45, 7) is 5.54. The van der Waals surface area contributed by atoms with Crippen LogP contribution >= 0.6 is 11.6 Å². The van der Waals surface area contributed by atoms with Crippen molar-refractivity contribution in [1.82, 2.24) is 15.1 Å². The van der Waals surface area contributed by atoms with Gasteiger partial charge in [-0.3, -0.25) is 4.68 Å². The largest absolute Gasteiger partial charge is 0.305 e. The summed E-state index contributed by atoms with van der Waals surface area (Å²) in [6, 6.07) is 6.49.